The third-order valence-corrected chi connectivity index (χ3v) is 12.5. The summed E-state index contributed by atoms with van der Waals surface area (Å²) < 4.78 is 103. The molecule has 0 aliphatic heterocycles. The lowest BCUT2D eigenvalue weighted by Crippen LogP contribution is -2.12. The number of nitrogens with two attached hydrogens (primary N) is 1. The Hall–Kier alpha value is -5.85. The summed E-state index contributed by atoms with van der Waals surface area (Å²) in [5.74, 6) is -8.61. The first-order valence-corrected chi connectivity index (χ1v) is 21.6. The lowest BCUT2D eigenvalue weighted by Gasteiger charge is -2.14. The number of hydrogen-bond acceptors (Lipinski definition) is 9. The second kappa shape index (κ2) is 19.2. The minimum absolute atomic E-state index is 0.000429. The molecule has 0 aromatic heterocycles. The van der Waals surface area contributed by atoms with Gasteiger partial charge in [0.15, 0.2) is 21.3 Å². The van der Waals surface area contributed by atoms with Gasteiger partial charge in [-0.2, -0.15) is 0 Å². The van der Waals surface area contributed by atoms with E-state index in [9.17, 15) is 59.3 Å². The van der Waals surface area contributed by atoms with E-state index in [1.54, 1.807) is 54.6 Å². The molecule has 0 saturated heterocycles. The first kappa shape index (κ1) is 47.8. The van der Waals surface area contributed by atoms with E-state index in [1.165, 1.54) is 19.9 Å². The van der Waals surface area contributed by atoms with E-state index in [4.69, 9.17) is 44.7 Å². The number of phenolic OH excluding ortho intramolecular Hbond substituents is 2. The van der Waals surface area contributed by atoms with Crippen molar-refractivity contribution in [1.29, 1.82) is 0 Å². The smallest absolute Gasteiger partial charge is 0.336 e. The highest BCUT2D eigenvalue weighted by molar-refractivity contribution is 8.13. The van der Waals surface area contributed by atoms with Crippen LogP contribution in [0.2, 0.25) is 10.0 Å². The number of phenols is 2. The van der Waals surface area contributed by atoms with Gasteiger partial charge < -0.3 is 26.2 Å². The molecule has 0 fully saturated rings. The molecular formula is C41H30Cl3F4NO10S2. The lowest BCUT2D eigenvalue weighted by molar-refractivity contribution is 0.0684. The number of carbonyl (C=O) groups is 2. The molecule has 0 heterocycles. The summed E-state index contributed by atoms with van der Waals surface area (Å²) in [5.41, 5.74) is 5.26. The number of rotatable bonds is 8. The van der Waals surface area contributed by atoms with Crippen molar-refractivity contribution in [3.8, 4) is 33.8 Å². The van der Waals surface area contributed by atoms with Crippen LogP contribution in [0.15, 0.2) is 107 Å². The number of benzene rings is 6. The maximum Gasteiger partial charge on any atom is 0.336 e. The normalized spacial score (nSPS) is 11.2. The number of nitrogen functional groups attached to an aromatic ring is 1. The molecule has 6 N–H and O–H groups in total. The number of carboxylic acid groups (broad SMARTS) is 2. The fourth-order valence-corrected chi connectivity index (χ4v) is 9.43. The molecule has 6 rings (SSSR count). The van der Waals surface area contributed by atoms with Crippen LogP contribution in [0.5, 0.6) is 11.5 Å². The van der Waals surface area contributed by atoms with E-state index in [0.717, 1.165) is 24.3 Å². The number of anilines is 1. The topological polar surface area (TPSA) is 209 Å². The zero-order chi connectivity index (χ0) is 45.7. The average molecular weight is 943 g/mol. The van der Waals surface area contributed by atoms with Crippen LogP contribution in [-0.2, 0) is 24.6 Å². The Bertz CT molecular complexity index is 2910. The highest BCUT2D eigenvalue weighted by Gasteiger charge is 2.30. The Morgan fingerprint density at radius 2 is 1.00 bits per heavy atom. The van der Waals surface area contributed by atoms with Crippen molar-refractivity contribution >= 4 is 70.4 Å². The van der Waals surface area contributed by atoms with E-state index >= 15 is 0 Å². The SMILES string of the molecule is Cc1c(C(=O)O)cc(Cl)c(O)c1S(=O)(=O)Cc1cc(-c2ccccc2)c(F)cc1F.Cc1c(C(=O)O)cc(Cl)c(O)c1S(=O)(=O)Cl.Nc1cc(-c2ccccc2)c(F)cc1F. The van der Waals surface area contributed by atoms with Crippen LogP contribution in [0.3, 0.4) is 0 Å². The third-order valence-electron chi connectivity index (χ3n) is 8.67. The molecule has 0 aliphatic carbocycles. The number of hydrogen-bond donors (Lipinski definition) is 5. The number of carboxylic acids is 2. The standard InChI is InChI=1S/C21H15ClF2O5S.C12H9F2N.C8H6Cl2O5S/c1-11-14(21(26)27)8-16(22)19(25)20(11)30(28,29)10-13-7-15(18(24)9-17(13)23)12-5-3-2-4-6-12;13-10-7-11(14)12(15)6-9(10)8-4-2-1-3-5-8;1-3-4(8(12)13)2-5(9)6(11)7(3)16(10,14)15/h2-9,25H,10H2,1H3,(H,26,27);1-7H,15H2;2,11H,1H3,(H,12,13). The van der Waals surface area contributed by atoms with Crippen LogP contribution in [0.25, 0.3) is 22.3 Å². The Morgan fingerprint density at radius 3 is 1.43 bits per heavy atom. The molecule has 0 unspecified atom stereocenters. The van der Waals surface area contributed by atoms with Crippen LogP contribution in [-0.4, -0.2) is 49.2 Å². The molecule has 0 amide bonds. The average Bonchev–Trinajstić information content (AvgIpc) is 3.17. The van der Waals surface area contributed by atoms with E-state index in [0.29, 0.717) is 22.8 Å². The Labute approximate surface area is 360 Å². The van der Waals surface area contributed by atoms with Crippen LogP contribution < -0.4 is 5.73 Å². The highest BCUT2D eigenvalue weighted by Crippen LogP contribution is 2.39. The minimum Gasteiger partial charge on any atom is -0.505 e. The fourth-order valence-electron chi connectivity index (χ4n) is 5.77. The molecule has 0 aliphatic rings. The van der Waals surface area contributed by atoms with Gasteiger partial charge in [0.2, 0.25) is 0 Å². The zero-order valence-electron chi connectivity index (χ0n) is 31.2. The monoisotopic (exact) mass is 941 g/mol. The second-order valence-corrected chi connectivity index (χ2v) is 18.0. The zero-order valence-corrected chi connectivity index (χ0v) is 35.1. The molecule has 0 spiro atoms. The summed E-state index contributed by atoms with van der Waals surface area (Å²) in [6, 6.07) is 22.7. The van der Waals surface area contributed by atoms with Gasteiger partial charge in [-0.15, -0.1) is 0 Å². The van der Waals surface area contributed by atoms with Gasteiger partial charge in [0.25, 0.3) is 9.05 Å². The molecule has 0 atom stereocenters. The minimum atomic E-state index is -4.45. The van der Waals surface area contributed by atoms with Crippen molar-refractivity contribution < 1.29 is 64.4 Å². The molecule has 320 valence electrons. The number of sulfone groups is 1. The number of aromatic carboxylic acids is 2. The maximum absolute atomic E-state index is 14.4. The molecule has 0 bridgehead atoms. The molecule has 6 aromatic carbocycles. The summed E-state index contributed by atoms with van der Waals surface area (Å²) in [4.78, 5) is 20.8. The quantitative estimate of drug-likeness (QED) is 0.0551. The van der Waals surface area contributed by atoms with Crippen LogP contribution in [0.1, 0.15) is 37.4 Å². The van der Waals surface area contributed by atoms with Crippen molar-refractivity contribution in [2.45, 2.75) is 29.4 Å². The number of aromatic hydroxyl groups is 2. The Morgan fingerprint density at radius 1 is 0.607 bits per heavy atom. The first-order chi connectivity index (χ1) is 28.4. The summed E-state index contributed by atoms with van der Waals surface area (Å²) in [7, 11) is -3.64. The Kier molecular flexibility index (Phi) is 15.1. The third kappa shape index (κ3) is 11.1. The van der Waals surface area contributed by atoms with Crippen molar-refractivity contribution in [1.82, 2.24) is 0 Å². The highest BCUT2D eigenvalue weighted by atomic mass is 35.7. The van der Waals surface area contributed by atoms with Gasteiger partial charge in [0.1, 0.15) is 33.1 Å². The van der Waals surface area contributed by atoms with Crippen LogP contribution in [0, 0.1) is 37.1 Å². The van der Waals surface area contributed by atoms with Gasteiger partial charge in [-0.05, 0) is 60.4 Å². The summed E-state index contributed by atoms with van der Waals surface area (Å²) >= 11 is 11.3. The van der Waals surface area contributed by atoms with Gasteiger partial charge in [-0.25, -0.2) is 44.0 Å². The predicted octanol–water partition coefficient (Wildman–Crippen LogP) is 10.2. The predicted molar refractivity (Wildman–Crippen MR) is 222 cm³/mol. The summed E-state index contributed by atoms with van der Waals surface area (Å²) in [6.45, 7) is 2.41. The van der Waals surface area contributed by atoms with Gasteiger partial charge in [0, 0.05) is 39.5 Å². The molecular weight excluding hydrogens is 913 g/mol. The molecule has 0 saturated carbocycles. The van der Waals surface area contributed by atoms with E-state index in [1.807, 2.05) is 6.07 Å². The molecule has 11 nitrogen and oxygen atoms in total. The molecule has 0 radical (unpaired) electrons. The van der Waals surface area contributed by atoms with Crippen molar-refractivity contribution in [2.24, 2.45) is 0 Å². The van der Waals surface area contributed by atoms with Gasteiger partial charge >= 0.3 is 11.9 Å². The number of halogens is 7. The summed E-state index contributed by atoms with van der Waals surface area (Å²) in [5, 5.41) is 36.8. The fraction of sp³-hybridized carbons (Fsp3) is 0.0732. The molecule has 61 heavy (non-hydrogen) atoms. The summed E-state index contributed by atoms with van der Waals surface area (Å²) in [6.07, 6.45) is 0. The largest absolute Gasteiger partial charge is 0.505 e. The van der Waals surface area contributed by atoms with E-state index in [2.05, 4.69) is 0 Å². The van der Waals surface area contributed by atoms with Gasteiger partial charge in [0.05, 0.1) is 32.6 Å². The first-order valence-electron chi connectivity index (χ1n) is 16.9. The maximum atomic E-state index is 14.4. The Balaban J connectivity index is 0.000000222. The second-order valence-electron chi connectivity index (χ2n) is 12.7. The molecule has 6 aromatic rings. The lowest BCUT2D eigenvalue weighted by atomic mass is 10.0. The molecule has 20 heteroatoms. The van der Waals surface area contributed by atoms with Crippen molar-refractivity contribution in [2.75, 3.05) is 5.73 Å². The van der Waals surface area contributed by atoms with Crippen molar-refractivity contribution in [3.05, 3.63) is 158 Å². The van der Waals surface area contributed by atoms with E-state index in [-0.39, 0.29) is 38.5 Å². The van der Waals surface area contributed by atoms with Gasteiger partial charge in [-0.3, -0.25) is 0 Å². The van der Waals surface area contributed by atoms with Crippen molar-refractivity contribution in [3.63, 3.8) is 0 Å². The van der Waals surface area contributed by atoms with E-state index < -0.39 is 91.7 Å². The van der Waals surface area contributed by atoms with Crippen LogP contribution in [0.4, 0.5) is 23.2 Å². The van der Waals surface area contributed by atoms with Crippen LogP contribution >= 0.6 is 33.9 Å². The van der Waals surface area contributed by atoms with Gasteiger partial charge in [-0.1, -0.05) is 83.9 Å².